The summed E-state index contributed by atoms with van der Waals surface area (Å²) in [6, 6.07) is 1.06. The lowest BCUT2D eigenvalue weighted by Crippen LogP contribution is -2.48. The van der Waals surface area contributed by atoms with Crippen molar-refractivity contribution in [3.63, 3.8) is 0 Å². The number of nitrogens with zero attached hydrogens (tertiary/aromatic N) is 3. The molecule has 0 radical (unpaired) electrons. The summed E-state index contributed by atoms with van der Waals surface area (Å²) in [7, 11) is 0. The molecule has 0 saturated carbocycles. The van der Waals surface area contributed by atoms with Crippen LogP contribution in [0.25, 0.3) is 0 Å². The van der Waals surface area contributed by atoms with Crippen molar-refractivity contribution in [1.29, 1.82) is 0 Å². The van der Waals surface area contributed by atoms with E-state index in [4.69, 9.17) is 0 Å². The van der Waals surface area contributed by atoms with Gasteiger partial charge < -0.3 is 15.3 Å². The number of hydrogen-bond donors (Lipinski definition) is 2. The van der Waals surface area contributed by atoms with Crippen LogP contribution in [0, 0.1) is 0 Å². The molecule has 3 unspecified atom stereocenters. The van der Waals surface area contributed by atoms with E-state index in [1.165, 1.54) is 0 Å². The monoisotopic (exact) mass is 278 g/mol. The van der Waals surface area contributed by atoms with Gasteiger partial charge in [-0.2, -0.15) is 0 Å². The van der Waals surface area contributed by atoms with Crippen LogP contribution in [0.5, 0.6) is 0 Å². The molecular formula is C14H22N4O2. The molecule has 1 amide bonds. The predicted octanol–water partition coefficient (Wildman–Crippen LogP) is 0.499. The molecule has 3 atom stereocenters. The fourth-order valence-corrected chi connectivity index (χ4v) is 2.66. The molecule has 1 aliphatic rings. The van der Waals surface area contributed by atoms with Crippen LogP contribution in [0.3, 0.4) is 0 Å². The molecular weight excluding hydrogens is 256 g/mol. The third-order valence-corrected chi connectivity index (χ3v) is 3.63. The van der Waals surface area contributed by atoms with E-state index >= 15 is 0 Å². The Morgan fingerprint density at radius 2 is 2.25 bits per heavy atom. The van der Waals surface area contributed by atoms with Gasteiger partial charge in [-0.05, 0) is 39.3 Å². The molecule has 2 N–H and O–H groups in total. The van der Waals surface area contributed by atoms with Crippen LogP contribution in [0.2, 0.25) is 0 Å². The van der Waals surface area contributed by atoms with Gasteiger partial charge >= 0.3 is 0 Å². The Morgan fingerprint density at radius 1 is 1.55 bits per heavy atom. The minimum atomic E-state index is -0.720. The Bertz CT molecular complexity index is 432. The summed E-state index contributed by atoms with van der Waals surface area (Å²) in [5.74, 6) is 0.499. The zero-order valence-electron chi connectivity index (χ0n) is 12.0. The van der Waals surface area contributed by atoms with E-state index in [0.717, 1.165) is 19.4 Å². The summed E-state index contributed by atoms with van der Waals surface area (Å²) in [6.07, 6.45) is 4.39. The van der Waals surface area contributed by atoms with Crippen LogP contribution in [0.4, 0.5) is 0 Å². The van der Waals surface area contributed by atoms with Crippen LogP contribution in [-0.2, 0) is 4.79 Å². The highest BCUT2D eigenvalue weighted by Crippen LogP contribution is 2.23. The smallest absolute Gasteiger partial charge is 0.240 e. The summed E-state index contributed by atoms with van der Waals surface area (Å²) in [5, 5.41) is 13.3. The molecule has 1 aromatic rings. The molecule has 110 valence electrons. The average molecular weight is 278 g/mol. The summed E-state index contributed by atoms with van der Waals surface area (Å²) in [4.78, 5) is 22.6. The van der Waals surface area contributed by atoms with Crippen LogP contribution >= 0.6 is 0 Å². The number of amides is 1. The van der Waals surface area contributed by atoms with Gasteiger partial charge in [0.05, 0.1) is 12.1 Å². The van der Waals surface area contributed by atoms with Gasteiger partial charge in [-0.15, -0.1) is 0 Å². The van der Waals surface area contributed by atoms with E-state index in [0.29, 0.717) is 12.4 Å². The first-order chi connectivity index (χ1) is 9.65. The molecule has 1 aromatic heterocycles. The lowest BCUT2D eigenvalue weighted by molar-refractivity contribution is -0.138. The van der Waals surface area contributed by atoms with E-state index in [1.54, 1.807) is 30.3 Å². The van der Waals surface area contributed by atoms with Crippen molar-refractivity contribution < 1.29 is 9.90 Å². The Morgan fingerprint density at radius 3 is 2.75 bits per heavy atom. The lowest BCUT2D eigenvalue weighted by atomic mass is 10.1. The molecule has 1 saturated heterocycles. The first-order valence-electron chi connectivity index (χ1n) is 7.14. The fraction of sp³-hybridized carbons (Fsp3) is 0.643. The standard InChI is InChI=1S/C14H22N4O2/c1-3-18(14(20)11-6-4-7-15-11)12(10(2)19)13-16-8-5-9-17-13/h5,8-12,15,19H,3-4,6-7H2,1-2H3. The molecule has 1 fully saturated rings. The average Bonchev–Trinajstić information content (AvgIpc) is 2.98. The van der Waals surface area contributed by atoms with Gasteiger partial charge in [0.15, 0.2) is 5.82 Å². The maximum absolute atomic E-state index is 12.6. The quantitative estimate of drug-likeness (QED) is 0.820. The number of rotatable bonds is 5. The SMILES string of the molecule is CCN(C(=O)C1CCCN1)C(c1ncccn1)C(C)O. The summed E-state index contributed by atoms with van der Waals surface area (Å²) >= 11 is 0. The first kappa shape index (κ1) is 14.9. The van der Waals surface area contributed by atoms with Crippen LogP contribution < -0.4 is 5.32 Å². The van der Waals surface area contributed by atoms with Crippen molar-refractivity contribution in [3.05, 3.63) is 24.3 Å². The largest absolute Gasteiger partial charge is 0.391 e. The lowest BCUT2D eigenvalue weighted by Gasteiger charge is -2.33. The van der Waals surface area contributed by atoms with E-state index in [-0.39, 0.29) is 11.9 Å². The van der Waals surface area contributed by atoms with Gasteiger partial charge in [0.2, 0.25) is 5.91 Å². The third-order valence-electron chi connectivity index (χ3n) is 3.63. The van der Waals surface area contributed by atoms with Gasteiger partial charge in [0, 0.05) is 18.9 Å². The van der Waals surface area contributed by atoms with E-state index in [2.05, 4.69) is 15.3 Å². The first-order valence-corrected chi connectivity index (χ1v) is 7.14. The maximum atomic E-state index is 12.6. The highest BCUT2D eigenvalue weighted by Gasteiger charge is 2.34. The van der Waals surface area contributed by atoms with Crippen molar-refractivity contribution in [2.75, 3.05) is 13.1 Å². The van der Waals surface area contributed by atoms with Gasteiger partial charge in [0.1, 0.15) is 6.04 Å². The van der Waals surface area contributed by atoms with Crippen molar-refractivity contribution >= 4 is 5.91 Å². The molecule has 0 aliphatic carbocycles. The molecule has 6 heteroatoms. The number of carbonyl (C=O) groups excluding carboxylic acids is 1. The second-order valence-corrected chi connectivity index (χ2v) is 5.07. The van der Waals surface area contributed by atoms with Crippen LogP contribution in [0.1, 0.15) is 38.6 Å². The second-order valence-electron chi connectivity index (χ2n) is 5.07. The maximum Gasteiger partial charge on any atom is 0.240 e. The number of likely N-dealkylation sites (N-methyl/N-ethyl adjacent to an activating group) is 1. The Balaban J connectivity index is 2.23. The van der Waals surface area contributed by atoms with Crippen molar-refractivity contribution in [2.45, 2.75) is 44.9 Å². The summed E-state index contributed by atoms with van der Waals surface area (Å²) < 4.78 is 0. The van der Waals surface area contributed by atoms with Gasteiger partial charge in [0.25, 0.3) is 0 Å². The zero-order chi connectivity index (χ0) is 14.5. The van der Waals surface area contributed by atoms with Crippen molar-refractivity contribution in [2.24, 2.45) is 0 Å². The molecule has 6 nitrogen and oxygen atoms in total. The van der Waals surface area contributed by atoms with Crippen LogP contribution in [-0.4, -0.2) is 51.1 Å². The third kappa shape index (κ3) is 3.13. The number of aromatic nitrogens is 2. The summed E-state index contributed by atoms with van der Waals surface area (Å²) in [5.41, 5.74) is 0. The van der Waals surface area contributed by atoms with E-state index in [9.17, 15) is 9.90 Å². The predicted molar refractivity (Wildman–Crippen MR) is 74.9 cm³/mol. The highest BCUT2D eigenvalue weighted by atomic mass is 16.3. The second kappa shape index (κ2) is 6.76. The van der Waals surface area contributed by atoms with Crippen molar-refractivity contribution in [1.82, 2.24) is 20.2 Å². The van der Waals surface area contributed by atoms with Gasteiger partial charge in [-0.3, -0.25) is 4.79 Å². The highest BCUT2D eigenvalue weighted by molar-refractivity contribution is 5.82. The summed E-state index contributed by atoms with van der Waals surface area (Å²) in [6.45, 7) is 4.96. The topological polar surface area (TPSA) is 78.4 Å². The number of hydrogen-bond acceptors (Lipinski definition) is 5. The normalized spacial score (nSPS) is 21.4. The molecule has 2 rings (SSSR count). The number of carbonyl (C=O) groups is 1. The van der Waals surface area contributed by atoms with E-state index < -0.39 is 12.1 Å². The Labute approximate surface area is 119 Å². The molecule has 0 bridgehead atoms. The molecule has 20 heavy (non-hydrogen) atoms. The van der Waals surface area contributed by atoms with E-state index in [1.807, 2.05) is 6.92 Å². The molecule has 1 aliphatic heterocycles. The van der Waals surface area contributed by atoms with Crippen LogP contribution in [0.15, 0.2) is 18.5 Å². The Hall–Kier alpha value is -1.53. The van der Waals surface area contributed by atoms with Crippen molar-refractivity contribution in [3.8, 4) is 0 Å². The number of aliphatic hydroxyl groups is 1. The Kier molecular flexibility index (Phi) is 5.03. The minimum Gasteiger partial charge on any atom is -0.391 e. The fourth-order valence-electron chi connectivity index (χ4n) is 2.66. The zero-order valence-corrected chi connectivity index (χ0v) is 12.0. The molecule has 0 aromatic carbocycles. The number of aliphatic hydroxyl groups excluding tert-OH is 1. The van der Waals surface area contributed by atoms with Gasteiger partial charge in [-0.25, -0.2) is 9.97 Å². The molecule has 2 heterocycles. The minimum absolute atomic E-state index is 0.0170. The van der Waals surface area contributed by atoms with Gasteiger partial charge in [-0.1, -0.05) is 0 Å². The number of nitrogens with one attached hydrogen (secondary N) is 1. The molecule has 0 spiro atoms.